The summed E-state index contributed by atoms with van der Waals surface area (Å²) in [5.41, 5.74) is 1.18. The number of carbonyl (C=O) groups excluding carboxylic acids is 1. The van der Waals surface area contributed by atoms with Crippen molar-refractivity contribution in [1.82, 2.24) is 20.2 Å². The summed E-state index contributed by atoms with van der Waals surface area (Å²) in [6, 6.07) is 2.58. The zero-order valence-corrected chi connectivity index (χ0v) is 13.3. The van der Waals surface area contributed by atoms with Crippen LogP contribution in [0.4, 0.5) is 4.39 Å². The van der Waals surface area contributed by atoms with Crippen LogP contribution in [0.5, 0.6) is 0 Å². The summed E-state index contributed by atoms with van der Waals surface area (Å²) in [4.78, 5) is 22.9. The van der Waals surface area contributed by atoms with E-state index in [0.29, 0.717) is 35.6 Å². The number of hydrogen-bond donors (Lipinski definition) is 1. The molecule has 0 radical (unpaired) electrons. The number of nitrogens with one attached hydrogen (secondary N) is 1. The maximum absolute atomic E-state index is 13.8. The SMILES string of the molecule is CCNCC1CCN(C(=O)c2cc(F)cc3nccnc23)CC1. The van der Waals surface area contributed by atoms with Crippen LogP contribution in [0, 0.1) is 11.7 Å². The molecular weight excluding hydrogens is 295 g/mol. The fourth-order valence-electron chi connectivity index (χ4n) is 3.06. The molecule has 1 saturated heterocycles. The molecule has 1 aliphatic rings. The highest BCUT2D eigenvalue weighted by Gasteiger charge is 2.25. The first kappa shape index (κ1) is 15.8. The number of likely N-dealkylation sites (tertiary alicyclic amines) is 1. The van der Waals surface area contributed by atoms with E-state index in [-0.39, 0.29) is 5.91 Å². The molecule has 0 saturated carbocycles. The maximum atomic E-state index is 13.8. The van der Waals surface area contributed by atoms with Crippen LogP contribution in [0.3, 0.4) is 0 Å². The minimum Gasteiger partial charge on any atom is -0.339 e. The molecule has 2 heterocycles. The smallest absolute Gasteiger partial charge is 0.256 e. The van der Waals surface area contributed by atoms with Gasteiger partial charge in [-0.2, -0.15) is 0 Å². The molecular formula is C17H21FN4O. The minimum absolute atomic E-state index is 0.156. The molecule has 0 aliphatic carbocycles. The fourth-order valence-corrected chi connectivity index (χ4v) is 3.06. The number of carbonyl (C=O) groups is 1. The zero-order valence-electron chi connectivity index (χ0n) is 13.3. The number of piperidine rings is 1. The number of aromatic nitrogens is 2. The van der Waals surface area contributed by atoms with Crippen LogP contribution in [-0.4, -0.2) is 47.0 Å². The maximum Gasteiger partial charge on any atom is 0.256 e. The minimum atomic E-state index is -0.455. The van der Waals surface area contributed by atoms with Crippen LogP contribution in [0.25, 0.3) is 11.0 Å². The molecule has 1 aromatic carbocycles. The van der Waals surface area contributed by atoms with Crippen molar-refractivity contribution < 1.29 is 9.18 Å². The van der Waals surface area contributed by atoms with Crippen LogP contribution in [0.2, 0.25) is 0 Å². The van der Waals surface area contributed by atoms with Crippen LogP contribution in [0.15, 0.2) is 24.5 Å². The first-order chi connectivity index (χ1) is 11.2. The number of fused-ring (bicyclic) bond motifs is 1. The lowest BCUT2D eigenvalue weighted by Crippen LogP contribution is -2.40. The highest BCUT2D eigenvalue weighted by atomic mass is 19.1. The molecule has 122 valence electrons. The van der Waals surface area contributed by atoms with Crippen molar-refractivity contribution >= 4 is 16.9 Å². The molecule has 0 unspecified atom stereocenters. The zero-order chi connectivity index (χ0) is 16.2. The lowest BCUT2D eigenvalue weighted by molar-refractivity contribution is 0.0691. The quantitative estimate of drug-likeness (QED) is 0.940. The van der Waals surface area contributed by atoms with Gasteiger partial charge in [-0.05, 0) is 37.9 Å². The second kappa shape index (κ2) is 7.00. The van der Waals surface area contributed by atoms with Crippen LogP contribution in [-0.2, 0) is 0 Å². The van der Waals surface area contributed by atoms with Gasteiger partial charge in [0.05, 0.1) is 11.1 Å². The molecule has 5 nitrogen and oxygen atoms in total. The van der Waals surface area contributed by atoms with E-state index in [2.05, 4.69) is 22.2 Å². The molecule has 23 heavy (non-hydrogen) atoms. The van der Waals surface area contributed by atoms with Gasteiger partial charge in [0.2, 0.25) is 0 Å². The molecule has 0 bridgehead atoms. The summed E-state index contributed by atoms with van der Waals surface area (Å²) < 4.78 is 13.8. The molecule has 1 fully saturated rings. The van der Waals surface area contributed by atoms with Crippen molar-refractivity contribution in [2.24, 2.45) is 5.92 Å². The van der Waals surface area contributed by atoms with Gasteiger partial charge in [0.15, 0.2) is 0 Å². The molecule has 1 aromatic heterocycles. The first-order valence-corrected chi connectivity index (χ1v) is 8.09. The summed E-state index contributed by atoms with van der Waals surface area (Å²) in [6.45, 7) is 5.45. The Balaban J connectivity index is 1.77. The second-order valence-electron chi connectivity index (χ2n) is 5.92. The highest BCUT2D eigenvalue weighted by Crippen LogP contribution is 2.22. The van der Waals surface area contributed by atoms with Gasteiger partial charge in [-0.25, -0.2) is 4.39 Å². The third-order valence-electron chi connectivity index (χ3n) is 4.35. The molecule has 3 rings (SSSR count). The third-order valence-corrected chi connectivity index (χ3v) is 4.35. The molecule has 6 heteroatoms. The van der Waals surface area contributed by atoms with Gasteiger partial charge in [-0.3, -0.25) is 14.8 Å². The number of benzene rings is 1. The summed E-state index contributed by atoms with van der Waals surface area (Å²) in [5.74, 6) is -0.0108. The monoisotopic (exact) mass is 316 g/mol. The normalized spacial score (nSPS) is 16.0. The number of nitrogens with zero attached hydrogens (tertiary/aromatic N) is 3. The van der Waals surface area contributed by atoms with E-state index in [1.54, 1.807) is 4.90 Å². The Bertz CT molecular complexity index is 698. The topological polar surface area (TPSA) is 58.1 Å². The Morgan fingerprint density at radius 1 is 1.30 bits per heavy atom. The lowest BCUT2D eigenvalue weighted by Gasteiger charge is -2.32. The molecule has 0 atom stereocenters. The number of hydrogen-bond acceptors (Lipinski definition) is 4. The van der Waals surface area contributed by atoms with Crippen molar-refractivity contribution in [1.29, 1.82) is 0 Å². The van der Waals surface area contributed by atoms with E-state index in [1.807, 2.05) is 0 Å². The average molecular weight is 316 g/mol. The molecule has 1 N–H and O–H groups in total. The van der Waals surface area contributed by atoms with E-state index < -0.39 is 5.82 Å². The molecule has 0 spiro atoms. The van der Waals surface area contributed by atoms with Gasteiger partial charge in [0.1, 0.15) is 11.3 Å². The van der Waals surface area contributed by atoms with Gasteiger partial charge in [-0.15, -0.1) is 0 Å². The van der Waals surface area contributed by atoms with Crippen LogP contribution >= 0.6 is 0 Å². The summed E-state index contributed by atoms with van der Waals surface area (Å²) in [5, 5.41) is 3.35. The van der Waals surface area contributed by atoms with Crippen molar-refractivity contribution in [3.8, 4) is 0 Å². The lowest BCUT2D eigenvalue weighted by atomic mass is 9.96. The van der Waals surface area contributed by atoms with Crippen molar-refractivity contribution in [3.05, 3.63) is 35.9 Å². The van der Waals surface area contributed by atoms with Gasteiger partial charge in [0, 0.05) is 31.5 Å². The Hall–Kier alpha value is -2.08. The van der Waals surface area contributed by atoms with E-state index in [1.165, 1.54) is 24.5 Å². The summed E-state index contributed by atoms with van der Waals surface area (Å²) in [6.07, 6.45) is 4.97. The highest BCUT2D eigenvalue weighted by molar-refractivity contribution is 6.04. The molecule has 1 amide bonds. The van der Waals surface area contributed by atoms with Gasteiger partial charge in [-0.1, -0.05) is 6.92 Å². The summed E-state index contributed by atoms with van der Waals surface area (Å²) in [7, 11) is 0. The average Bonchev–Trinajstić information content (AvgIpc) is 2.59. The fraction of sp³-hybridized carbons (Fsp3) is 0.471. The van der Waals surface area contributed by atoms with E-state index >= 15 is 0 Å². The van der Waals surface area contributed by atoms with E-state index in [0.717, 1.165) is 25.9 Å². The summed E-state index contributed by atoms with van der Waals surface area (Å²) >= 11 is 0. The predicted molar refractivity (Wildman–Crippen MR) is 86.7 cm³/mol. The second-order valence-corrected chi connectivity index (χ2v) is 5.92. The third kappa shape index (κ3) is 3.47. The number of amides is 1. The van der Waals surface area contributed by atoms with Crippen LogP contribution < -0.4 is 5.32 Å². The first-order valence-electron chi connectivity index (χ1n) is 8.09. The number of halogens is 1. The van der Waals surface area contributed by atoms with Crippen LogP contribution in [0.1, 0.15) is 30.1 Å². The molecule has 1 aliphatic heterocycles. The van der Waals surface area contributed by atoms with Gasteiger partial charge in [0.25, 0.3) is 5.91 Å². The molecule has 2 aromatic rings. The van der Waals surface area contributed by atoms with Crippen molar-refractivity contribution in [2.75, 3.05) is 26.2 Å². The predicted octanol–water partition coefficient (Wildman–Crippen LogP) is 2.23. The Labute approximate surface area is 134 Å². The van der Waals surface area contributed by atoms with Crippen molar-refractivity contribution in [2.45, 2.75) is 19.8 Å². The Morgan fingerprint density at radius 2 is 2.04 bits per heavy atom. The van der Waals surface area contributed by atoms with Gasteiger partial charge >= 0.3 is 0 Å². The Morgan fingerprint density at radius 3 is 2.78 bits per heavy atom. The Kier molecular flexibility index (Phi) is 4.81. The number of rotatable bonds is 4. The van der Waals surface area contributed by atoms with Gasteiger partial charge < -0.3 is 10.2 Å². The van der Waals surface area contributed by atoms with E-state index in [9.17, 15) is 9.18 Å². The largest absolute Gasteiger partial charge is 0.339 e. The standard InChI is InChI=1S/C17H21FN4O/c1-2-19-11-12-3-7-22(8-4-12)17(23)14-9-13(18)10-15-16(14)21-6-5-20-15/h5-6,9-10,12,19H,2-4,7-8,11H2,1H3. The van der Waals surface area contributed by atoms with Crippen molar-refractivity contribution in [3.63, 3.8) is 0 Å². The van der Waals surface area contributed by atoms with E-state index in [4.69, 9.17) is 0 Å².